The van der Waals surface area contributed by atoms with E-state index in [2.05, 4.69) is 0 Å². The van der Waals surface area contributed by atoms with Crippen LogP contribution in [0.1, 0.15) is 29.7 Å². The smallest absolute Gasteiger partial charge is 0.119 e. The molecule has 0 amide bonds. The molecule has 0 spiro atoms. The highest BCUT2D eigenvalue weighted by molar-refractivity contribution is 5.29. The van der Waals surface area contributed by atoms with E-state index in [4.69, 9.17) is 15.6 Å². The Balaban J connectivity index is 1.94. The first-order valence-electron chi connectivity index (χ1n) is 6.36. The second-order valence-corrected chi connectivity index (χ2v) is 4.62. The van der Waals surface area contributed by atoms with Gasteiger partial charge in [-0.2, -0.15) is 0 Å². The zero-order chi connectivity index (χ0) is 13.7. The van der Waals surface area contributed by atoms with E-state index < -0.39 is 0 Å². The fourth-order valence-electron chi connectivity index (χ4n) is 1.78. The van der Waals surface area contributed by atoms with Crippen LogP contribution in [0.25, 0.3) is 0 Å². The van der Waals surface area contributed by atoms with Crippen molar-refractivity contribution in [3.63, 3.8) is 0 Å². The number of aliphatic hydroxyl groups is 1. The summed E-state index contributed by atoms with van der Waals surface area (Å²) in [6.07, 6.45) is 0. The minimum atomic E-state index is 0.0417. The lowest BCUT2D eigenvalue weighted by atomic mass is 10.1. The maximum atomic E-state index is 8.97. The quantitative estimate of drug-likeness (QED) is 0.866. The van der Waals surface area contributed by atoms with Gasteiger partial charge in [-0.25, -0.2) is 0 Å². The van der Waals surface area contributed by atoms with Crippen LogP contribution in [0.3, 0.4) is 0 Å². The van der Waals surface area contributed by atoms with Gasteiger partial charge in [0.15, 0.2) is 0 Å². The number of rotatable bonds is 5. The minimum absolute atomic E-state index is 0.0417. The van der Waals surface area contributed by atoms with E-state index in [1.807, 2.05) is 55.5 Å². The molecular weight excluding hydrogens is 238 g/mol. The summed E-state index contributed by atoms with van der Waals surface area (Å²) in [6, 6.07) is 15.6. The Morgan fingerprint density at radius 2 is 1.58 bits per heavy atom. The molecule has 0 radical (unpaired) electrons. The Morgan fingerprint density at radius 3 is 2.11 bits per heavy atom. The molecule has 0 aromatic heterocycles. The third kappa shape index (κ3) is 3.81. The van der Waals surface area contributed by atoms with Crippen molar-refractivity contribution >= 4 is 0 Å². The van der Waals surface area contributed by atoms with Gasteiger partial charge in [0.2, 0.25) is 0 Å². The first-order valence-corrected chi connectivity index (χ1v) is 6.36. The van der Waals surface area contributed by atoms with E-state index in [-0.39, 0.29) is 12.6 Å². The summed E-state index contributed by atoms with van der Waals surface area (Å²) in [5.41, 5.74) is 8.88. The largest absolute Gasteiger partial charge is 0.489 e. The molecule has 2 aromatic carbocycles. The molecule has 0 aliphatic heterocycles. The van der Waals surface area contributed by atoms with Gasteiger partial charge in [-0.1, -0.05) is 36.4 Å². The zero-order valence-corrected chi connectivity index (χ0v) is 11.0. The van der Waals surface area contributed by atoms with Gasteiger partial charge in [0.1, 0.15) is 12.4 Å². The Kier molecular flexibility index (Phi) is 4.55. The SMILES string of the molecule is C[C@H](N)c1ccc(OCc2ccc(CO)cc2)cc1. The molecule has 0 unspecified atom stereocenters. The van der Waals surface area contributed by atoms with Gasteiger partial charge in [-0.05, 0) is 35.7 Å². The molecule has 0 saturated carbocycles. The highest BCUT2D eigenvalue weighted by Gasteiger charge is 2.00. The van der Waals surface area contributed by atoms with E-state index in [9.17, 15) is 0 Å². The van der Waals surface area contributed by atoms with Gasteiger partial charge in [-0.15, -0.1) is 0 Å². The summed E-state index contributed by atoms with van der Waals surface area (Å²) in [6.45, 7) is 2.54. The summed E-state index contributed by atoms with van der Waals surface area (Å²) >= 11 is 0. The summed E-state index contributed by atoms with van der Waals surface area (Å²) in [4.78, 5) is 0. The standard InChI is InChI=1S/C16H19NO2/c1-12(17)15-6-8-16(9-7-15)19-11-14-4-2-13(10-18)3-5-14/h2-9,12,18H,10-11,17H2,1H3/t12-/m0/s1. The first-order chi connectivity index (χ1) is 9.19. The monoisotopic (exact) mass is 257 g/mol. The van der Waals surface area contributed by atoms with Crippen LogP contribution in [-0.2, 0) is 13.2 Å². The van der Waals surface area contributed by atoms with Gasteiger partial charge in [0.05, 0.1) is 6.61 Å². The highest BCUT2D eigenvalue weighted by Crippen LogP contribution is 2.17. The van der Waals surface area contributed by atoms with Gasteiger partial charge < -0.3 is 15.6 Å². The molecule has 0 bridgehead atoms. The van der Waals surface area contributed by atoms with E-state index in [1.165, 1.54) is 0 Å². The van der Waals surface area contributed by atoms with Gasteiger partial charge in [0, 0.05) is 6.04 Å². The number of ether oxygens (including phenoxy) is 1. The number of aliphatic hydroxyl groups excluding tert-OH is 1. The maximum Gasteiger partial charge on any atom is 0.119 e. The molecule has 3 nitrogen and oxygen atoms in total. The van der Waals surface area contributed by atoms with Crippen LogP contribution in [0.2, 0.25) is 0 Å². The van der Waals surface area contributed by atoms with Crippen molar-refractivity contribution in [2.45, 2.75) is 26.2 Å². The third-order valence-electron chi connectivity index (χ3n) is 3.02. The van der Waals surface area contributed by atoms with Crippen LogP contribution in [0.15, 0.2) is 48.5 Å². The molecule has 2 aromatic rings. The number of hydrogen-bond donors (Lipinski definition) is 2. The fraction of sp³-hybridized carbons (Fsp3) is 0.250. The van der Waals surface area contributed by atoms with E-state index in [0.29, 0.717) is 6.61 Å². The summed E-state index contributed by atoms with van der Waals surface area (Å²) in [5.74, 6) is 0.829. The predicted octanol–water partition coefficient (Wildman–Crippen LogP) is 2.78. The maximum absolute atomic E-state index is 8.97. The summed E-state index contributed by atoms with van der Waals surface area (Å²) in [5, 5.41) is 8.97. The van der Waals surface area contributed by atoms with Crippen LogP contribution in [0, 0.1) is 0 Å². The average Bonchev–Trinajstić information content (AvgIpc) is 2.46. The number of hydrogen-bond acceptors (Lipinski definition) is 3. The molecule has 0 aliphatic rings. The van der Waals surface area contributed by atoms with E-state index in [1.54, 1.807) is 0 Å². The lowest BCUT2D eigenvalue weighted by Gasteiger charge is -2.09. The van der Waals surface area contributed by atoms with Crippen LogP contribution in [0.4, 0.5) is 0 Å². The minimum Gasteiger partial charge on any atom is -0.489 e. The zero-order valence-electron chi connectivity index (χ0n) is 11.0. The van der Waals surface area contributed by atoms with Crippen LogP contribution >= 0.6 is 0 Å². The predicted molar refractivity (Wildman–Crippen MR) is 75.7 cm³/mol. The summed E-state index contributed by atoms with van der Waals surface area (Å²) < 4.78 is 5.70. The van der Waals surface area contributed by atoms with Crippen molar-refractivity contribution in [2.24, 2.45) is 5.73 Å². The molecule has 0 aliphatic carbocycles. The van der Waals surface area contributed by atoms with Crippen molar-refractivity contribution in [1.82, 2.24) is 0 Å². The third-order valence-corrected chi connectivity index (χ3v) is 3.02. The second-order valence-electron chi connectivity index (χ2n) is 4.62. The van der Waals surface area contributed by atoms with Gasteiger partial charge in [0.25, 0.3) is 0 Å². The van der Waals surface area contributed by atoms with E-state index in [0.717, 1.165) is 22.4 Å². The molecule has 2 rings (SSSR count). The van der Waals surface area contributed by atoms with Crippen molar-refractivity contribution in [3.05, 3.63) is 65.2 Å². The Labute approximate surface area is 113 Å². The van der Waals surface area contributed by atoms with Gasteiger partial charge in [-0.3, -0.25) is 0 Å². The molecule has 3 heteroatoms. The molecule has 0 saturated heterocycles. The molecule has 100 valence electrons. The molecule has 0 fully saturated rings. The Morgan fingerprint density at radius 1 is 1.00 bits per heavy atom. The van der Waals surface area contributed by atoms with Crippen molar-refractivity contribution in [2.75, 3.05) is 0 Å². The second kappa shape index (κ2) is 6.36. The fourth-order valence-corrected chi connectivity index (χ4v) is 1.78. The highest BCUT2D eigenvalue weighted by atomic mass is 16.5. The Hall–Kier alpha value is -1.84. The number of nitrogens with two attached hydrogens (primary N) is 1. The number of benzene rings is 2. The van der Waals surface area contributed by atoms with Crippen LogP contribution in [0.5, 0.6) is 5.75 Å². The molecule has 3 N–H and O–H groups in total. The van der Waals surface area contributed by atoms with Crippen LogP contribution in [-0.4, -0.2) is 5.11 Å². The first kappa shape index (κ1) is 13.6. The van der Waals surface area contributed by atoms with Gasteiger partial charge >= 0.3 is 0 Å². The van der Waals surface area contributed by atoms with Crippen LogP contribution < -0.4 is 10.5 Å². The Bertz CT molecular complexity index is 503. The van der Waals surface area contributed by atoms with Crippen molar-refractivity contribution < 1.29 is 9.84 Å². The molecule has 19 heavy (non-hydrogen) atoms. The summed E-state index contributed by atoms with van der Waals surface area (Å²) in [7, 11) is 0. The molecule has 1 atom stereocenters. The topological polar surface area (TPSA) is 55.5 Å². The average molecular weight is 257 g/mol. The molecular formula is C16H19NO2. The van der Waals surface area contributed by atoms with Crippen molar-refractivity contribution in [1.29, 1.82) is 0 Å². The molecule has 0 heterocycles. The lowest BCUT2D eigenvalue weighted by molar-refractivity contribution is 0.281. The van der Waals surface area contributed by atoms with E-state index >= 15 is 0 Å². The van der Waals surface area contributed by atoms with Crippen molar-refractivity contribution in [3.8, 4) is 5.75 Å². The normalized spacial score (nSPS) is 12.2. The lowest BCUT2D eigenvalue weighted by Crippen LogP contribution is -2.04.